The second-order valence-electron chi connectivity index (χ2n) is 13.5. The molecular weight excluding hydrogens is 566 g/mol. The fraction of sp³-hybridized carbons (Fsp3) is 0.471. The molecule has 1 aromatic heterocycles. The minimum absolute atomic E-state index is 0.203. The van der Waals surface area contributed by atoms with Gasteiger partial charge in [-0.15, -0.1) is 0 Å². The third-order valence-corrected chi connectivity index (χ3v) is 10.3. The molecule has 3 N–H and O–H groups in total. The van der Waals surface area contributed by atoms with Gasteiger partial charge in [0, 0.05) is 99.2 Å². The van der Waals surface area contributed by atoms with Gasteiger partial charge in [-0.05, 0) is 86.3 Å². The Morgan fingerprint density at radius 1 is 0.911 bits per heavy atom. The number of fused-ring (bicyclic) bond motifs is 1. The summed E-state index contributed by atoms with van der Waals surface area (Å²) in [6.45, 7) is 11.0. The van der Waals surface area contributed by atoms with Crippen LogP contribution in [-0.4, -0.2) is 85.2 Å². The van der Waals surface area contributed by atoms with Crippen molar-refractivity contribution in [3.63, 3.8) is 0 Å². The summed E-state index contributed by atoms with van der Waals surface area (Å²) in [7, 11) is 0. The molecule has 4 saturated heterocycles. The van der Waals surface area contributed by atoms with Gasteiger partial charge in [-0.3, -0.25) is 19.9 Å². The van der Waals surface area contributed by atoms with E-state index in [2.05, 4.69) is 72.0 Å². The number of aryl methyl sites for hydroxylation is 1. The number of carbonyl (C=O) groups excluding carboxylic acids is 2. The Morgan fingerprint density at radius 2 is 1.69 bits per heavy atom. The molecule has 0 bridgehead atoms. The minimum atomic E-state index is -0.328. The molecule has 11 nitrogen and oxygen atoms in total. The molecule has 0 atom stereocenters. The third kappa shape index (κ3) is 5.48. The quantitative estimate of drug-likeness (QED) is 0.389. The molecule has 4 fully saturated rings. The van der Waals surface area contributed by atoms with Crippen LogP contribution in [0.15, 0.2) is 48.7 Å². The summed E-state index contributed by atoms with van der Waals surface area (Å²) in [6.07, 6.45) is 5.69. The normalized spacial score (nSPS) is 21.7. The molecule has 0 aliphatic carbocycles. The number of hydrogen-bond acceptors (Lipinski definition) is 9. The summed E-state index contributed by atoms with van der Waals surface area (Å²) in [4.78, 5) is 42.4. The van der Waals surface area contributed by atoms with Gasteiger partial charge in [0.15, 0.2) is 0 Å². The lowest BCUT2D eigenvalue weighted by molar-refractivity contribution is -0.120. The highest BCUT2D eigenvalue weighted by atomic mass is 16.2. The molecule has 2 aromatic carbocycles. The van der Waals surface area contributed by atoms with Crippen molar-refractivity contribution in [2.45, 2.75) is 45.2 Å². The Morgan fingerprint density at radius 3 is 2.44 bits per heavy atom. The Kier molecular flexibility index (Phi) is 7.09. The Balaban J connectivity index is 0.796. The zero-order chi connectivity index (χ0) is 30.5. The number of nitrogens with one attached hydrogen (secondary N) is 3. The fourth-order valence-electron chi connectivity index (χ4n) is 7.82. The Hall–Kier alpha value is -4.22. The first-order valence-corrected chi connectivity index (χ1v) is 16.3. The molecule has 3 aromatic rings. The number of nitrogens with zero attached hydrogens (tertiary/aromatic N) is 6. The van der Waals surface area contributed by atoms with Crippen molar-refractivity contribution in [3.8, 4) is 0 Å². The Labute approximate surface area is 264 Å². The summed E-state index contributed by atoms with van der Waals surface area (Å²) < 4.78 is 0. The van der Waals surface area contributed by atoms with E-state index in [0.29, 0.717) is 30.4 Å². The highest BCUT2D eigenvalue weighted by Crippen LogP contribution is 2.44. The lowest BCUT2D eigenvalue weighted by atomic mass is 9.71. The summed E-state index contributed by atoms with van der Waals surface area (Å²) in [5, 5.41) is 9.17. The van der Waals surface area contributed by atoms with E-state index < -0.39 is 0 Å². The van der Waals surface area contributed by atoms with Crippen molar-refractivity contribution in [2.24, 2.45) is 5.41 Å². The molecule has 5 aliphatic rings. The number of benzene rings is 2. The molecule has 3 amide bonds. The van der Waals surface area contributed by atoms with E-state index in [1.54, 1.807) is 4.90 Å². The number of hydrogen-bond donors (Lipinski definition) is 3. The van der Waals surface area contributed by atoms with E-state index in [1.165, 1.54) is 42.9 Å². The maximum atomic E-state index is 12.3. The molecule has 6 heterocycles. The lowest BCUT2D eigenvalue weighted by Crippen LogP contribution is -2.74. The van der Waals surface area contributed by atoms with E-state index in [-0.39, 0.29) is 11.9 Å². The van der Waals surface area contributed by atoms with Gasteiger partial charge in [0.25, 0.3) is 0 Å². The zero-order valence-electron chi connectivity index (χ0n) is 25.9. The molecule has 234 valence electrons. The Bertz CT molecular complexity index is 1600. The summed E-state index contributed by atoms with van der Waals surface area (Å²) in [6, 6.07) is 15.3. The molecule has 11 heteroatoms. The molecule has 45 heavy (non-hydrogen) atoms. The van der Waals surface area contributed by atoms with Crippen LogP contribution in [0.5, 0.6) is 0 Å². The number of imide groups is 1. The fourth-order valence-corrected chi connectivity index (χ4v) is 7.82. The van der Waals surface area contributed by atoms with Crippen molar-refractivity contribution in [2.75, 3.05) is 72.4 Å². The number of urea groups is 1. The molecule has 0 saturated carbocycles. The van der Waals surface area contributed by atoms with Crippen LogP contribution in [0.3, 0.4) is 0 Å². The van der Waals surface area contributed by atoms with Crippen LogP contribution in [-0.2, 0) is 17.8 Å². The summed E-state index contributed by atoms with van der Waals surface area (Å²) >= 11 is 0. The van der Waals surface area contributed by atoms with Gasteiger partial charge in [0.05, 0.1) is 5.69 Å². The van der Waals surface area contributed by atoms with Gasteiger partial charge in [0.2, 0.25) is 11.9 Å². The summed E-state index contributed by atoms with van der Waals surface area (Å²) in [5.41, 5.74) is 8.19. The van der Waals surface area contributed by atoms with Crippen LogP contribution in [0.4, 0.5) is 33.5 Å². The number of rotatable bonds is 6. The monoisotopic (exact) mass is 607 g/mol. The zero-order valence-corrected chi connectivity index (χ0v) is 25.9. The molecule has 8 rings (SSSR count). The van der Waals surface area contributed by atoms with Gasteiger partial charge >= 0.3 is 6.03 Å². The van der Waals surface area contributed by atoms with Crippen LogP contribution in [0.1, 0.15) is 36.1 Å². The first-order chi connectivity index (χ1) is 21.9. The van der Waals surface area contributed by atoms with Crippen molar-refractivity contribution in [1.82, 2.24) is 25.5 Å². The van der Waals surface area contributed by atoms with Crippen molar-refractivity contribution >= 4 is 40.6 Å². The van der Waals surface area contributed by atoms with Crippen LogP contribution >= 0.6 is 0 Å². The molecule has 1 spiro atoms. The first kappa shape index (κ1) is 28.3. The van der Waals surface area contributed by atoms with Crippen LogP contribution in [0.2, 0.25) is 0 Å². The molecule has 5 aliphatic heterocycles. The second-order valence-corrected chi connectivity index (χ2v) is 13.5. The number of carbonyl (C=O) groups is 2. The van der Waals surface area contributed by atoms with E-state index >= 15 is 0 Å². The molecular formula is C34H41N9O2. The predicted octanol–water partition coefficient (Wildman–Crippen LogP) is 3.41. The smallest absolute Gasteiger partial charge is 0.328 e. The largest absolute Gasteiger partial charge is 0.371 e. The maximum absolute atomic E-state index is 12.3. The molecule has 0 unspecified atom stereocenters. The van der Waals surface area contributed by atoms with E-state index in [9.17, 15) is 9.59 Å². The van der Waals surface area contributed by atoms with Crippen molar-refractivity contribution in [1.29, 1.82) is 0 Å². The predicted molar refractivity (Wildman–Crippen MR) is 175 cm³/mol. The van der Waals surface area contributed by atoms with E-state index in [0.717, 1.165) is 68.3 Å². The van der Waals surface area contributed by atoms with E-state index in [1.807, 2.05) is 19.2 Å². The van der Waals surface area contributed by atoms with Crippen molar-refractivity contribution < 1.29 is 9.59 Å². The van der Waals surface area contributed by atoms with Gasteiger partial charge in [-0.2, -0.15) is 0 Å². The highest BCUT2D eigenvalue weighted by Gasteiger charge is 2.53. The second kappa shape index (κ2) is 11.3. The first-order valence-electron chi connectivity index (χ1n) is 16.3. The highest BCUT2D eigenvalue weighted by molar-refractivity contribution is 6.06. The minimum Gasteiger partial charge on any atom is -0.371 e. The van der Waals surface area contributed by atoms with Gasteiger partial charge in [-0.25, -0.2) is 14.8 Å². The topological polar surface area (TPSA) is 109 Å². The molecule has 0 radical (unpaired) electrons. The van der Waals surface area contributed by atoms with Crippen LogP contribution < -0.4 is 30.7 Å². The number of piperidine rings is 1. The SMILES string of the molecule is Cc1cc(N2CC3(C2)CN(C2CCN(c4ccc(Nc5ncc6c(n5)CNCC6)cc4)CC2)C3)ccc1N1CCC(=O)NC1=O. The average molecular weight is 608 g/mol. The van der Waals surface area contributed by atoms with Gasteiger partial charge in [-0.1, -0.05) is 0 Å². The van der Waals surface area contributed by atoms with Crippen LogP contribution in [0.25, 0.3) is 0 Å². The number of likely N-dealkylation sites (tertiary alicyclic amines) is 1. The van der Waals surface area contributed by atoms with E-state index in [4.69, 9.17) is 4.98 Å². The lowest BCUT2D eigenvalue weighted by Gasteiger charge is -2.63. The standard InChI is InChI=1S/C34H41N9O2/c1-23-16-28(6-7-30(23)43-15-11-31(44)39-33(43)45)42-21-34(22-42)19-41(20-34)27-9-13-40(14-10-27)26-4-2-25(3-5-26)37-32-36-17-24-8-12-35-18-29(24)38-32/h2-7,16-17,27,35H,8-15,18-22H2,1H3,(H,36,37,38)(H,39,44,45). The number of anilines is 5. The summed E-state index contributed by atoms with van der Waals surface area (Å²) in [5.74, 6) is 0.453. The van der Waals surface area contributed by atoms with Gasteiger partial charge < -0.3 is 20.4 Å². The van der Waals surface area contributed by atoms with Crippen LogP contribution in [0, 0.1) is 12.3 Å². The maximum Gasteiger partial charge on any atom is 0.328 e. The third-order valence-electron chi connectivity index (χ3n) is 10.3. The average Bonchev–Trinajstić information content (AvgIpc) is 3.01. The van der Waals surface area contributed by atoms with Crippen molar-refractivity contribution in [3.05, 3.63) is 65.5 Å². The van der Waals surface area contributed by atoms with Gasteiger partial charge in [0.1, 0.15) is 0 Å². The number of aromatic nitrogens is 2. The number of amides is 3.